The Morgan fingerprint density at radius 1 is 1.31 bits per heavy atom. The van der Waals surface area contributed by atoms with Crippen LogP contribution in [0.25, 0.3) is 0 Å². The van der Waals surface area contributed by atoms with Gasteiger partial charge < -0.3 is 15.0 Å². The van der Waals surface area contributed by atoms with E-state index >= 15 is 4.39 Å². The largest absolute Gasteiger partial charge is 0.378 e. The minimum Gasteiger partial charge on any atom is -0.378 e. The maximum atomic E-state index is 15.5. The van der Waals surface area contributed by atoms with Crippen molar-refractivity contribution in [2.45, 2.75) is 76.2 Å². The molecule has 4 heterocycles. The number of ketones is 1. The number of aromatic nitrogens is 2. The van der Waals surface area contributed by atoms with Gasteiger partial charge in [-0.3, -0.25) is 14.6 Å². The number of nitrogens with zero attached hydrogens (tertiary/aromatic N) is 2. The Hall–Kier alpha value is -2.74. The van der Waals surface area contributed by atoms with Gasteiger partial charge in [0.25, 0.3) is 5.56 Å². The van der Waals surface area contributed by atoms with Crippen LogP contribution in [0.4, 0.5) is 16.2 Å². The van der Waals surface area contributed by atoms with Gasteiger partial charge in [0.05, 0.1) is 17.1 Å². The van der Waals surface area contributed by atoms with Crippen molar-refractivity contribution in [1.29, 1.82) is 0 Å². The minimum atomic E-state index is -0.894. The first-order chi connectivity index (χ1) is 16.9. The van der Waals surface area contributed by atoms with E-state index in [1.165, 1.54) is 6.07 Å². The Labute approximate surface area is 205 Å². The van der Waals surface area contributed by atoms with Crippen molar-refractivity contribution in [3.63, 3.8) is 0 Å². The van der Waals surface area contributed by atoms with E-state index in [1.807, 2.05) is 11.0 Å². The Balaban J connectivity index is 1.43. The summed E-state index contributed by atoms with van der Waals surface area (Å²) in [6.45, 7) is 6.30. The molecule has 5 rings (SSSR count). The number of Topliss-reactive ketones (excluding diaryl/α,β-unsaturated/α-hetero) is 1. The van der Waals surface area contributed by atoms with Crippen molar-refractivity contribution in [3.8, 4) is 0 Å². The number of fused-ring (bicyclic) bond motifs is 1. The van der Waals surface area contributed by atoms with E-state index in [1.54, 1.807) is 13.0 Å². The van der Waals surface area contributed by atoms with Crippen molar-refractivity contribution < 1.29 is 13.9 Å². The molecule has 35 heavy (non-hydrogen) atoms. The van der Waals surface area contributed by atoms with E-state index in [0.717, 1.165) is 50.8 Å². The molecule has 0 spiro atoms. The van der Waals surface area contributed by atoms with Crippen molar-refractivity contribution >= 4 is 17.5 Å². The second-order valence-electron chi connectivity index (χ2n) is 10.3. The van der Waals surface area contributed by atoms with Gasteiger partial charge in [-0.2, -0.15) is 4.98 Å². The molecule has 2 unspecified atom stereocenters. The smallest absolute Gasteiger partial charge is 0.257 e. The molecule has 2 saturated heterocycles. The van der Waals surface area contributed by atoms with Crippen molar-refractivity contribution in [1.82, 2.24) is 9.97 Å². The number of ether oxygens (including phenoxy) is 1. The second-order valence-corrected chi connectivity index (χ2v) is 10.3. The van der Waals surface area contributed by atoms with Crippen LogP contribution in [0.2, 0.25) is 0 Å². The van der Waals surface area contributed by atoms with Crippen LogP contribution in [-0.2, 0) is 21.4 Å². The van der Waals surface area contributed by atoms with Gasteiger partial charge in [-0.05, 0) is 69.4 Å². The van der Waals surface area contributed by atoms with Crippen LogP contribution in [-0.4, -0.2) is 48.1 Å². The summed E-state index contributed by atoms with van der Waals surface area (Å²) in [5.74, 6) is 0.928. The zero-order valence-electron chi connectivity index (χ0n) is 20.7. The number of piperidine rings is 1. The summed E-state index contributed by atoms with van der Waals surface area (Å²) in [5.41, 5.74) is 1.15. The van der Waals surface area contributed by atoms with Crippen molar-refractivity contribution in [3.05, 3.63) is 51.1 Å². The Bertz CT molecular complexity index is 1150. The third-order valence-electron chi connectivity index (χ3n) is 8.19. The normalized spacial score (nSPS) is 22.4. The average Bonchev–Trinajstić information content (AvgIpc) is 3.37. The zero-order chi connectivity index (χ0) is 24.6. The van der Waals surface area contributed by atoms with Gasteiger partial charge in [0.2, 0.25) is 5.95 Å². The number of halogens is 1. The average molecular weight is 483 g/mol. The number of benzene rings is 1. The summed E-state index contributed by atoms with van der Waals surface area (Å²) in [4.78, 5) is 35.4. The fraction of sp³-hybridized carbons (Fsp3) is 0.593. The highest BCUT2D eigenvalue weighted by Gasteiger charge is 2.44. The van der Waals surface area contributed by atoms with Crippen molar-refractivity contribution in [2.24, 2.45) is 0 Å². The summed E-state index contributed by atoms with van der Waals surface area (Å²) in [6, 6.07) is 5.20. The molecule has 0 aliphatic carbocycles. The third kappa shape index (κ3) is 4.48. The van der Waals surface area contributed by atoms with Crippen LogP contribution in [0.15, 0.2) is 23.0 Å². The fourth-order valence-electron chi connectivity index (χ4n) is 6.17. The van der Waals surface area contributed by atoms with Crippen LogP contribution in [0, 0.1) is 5.82 Å². The lowest BCUT2D eigenvalue weighted by molar-refractivity contribution is -0.123. The molecule has 1 aromatic heterocycles. The standard InChI is InChI=1S/C27H35FN4O3/c1-17(16-19-6-5-15-35-19)20-7-3-9-22(28)23(20)27(18(2)33)10-13-32(14-11-27)26-30-24-21(25(34)31-26)8-4-12-29-24/h3,7,9,17,19H,4-6,8,10-16H2,1-2H3,(H2,29,30,31,34). The van der Waals surface area contributed by atoms with E-state index in [9.17, 15) is 9.59 Å². The lowest BCUT2D eigenvalue weighted by Gasteiger charge is -2.42. The number of H-pyrrole nitrogens is 1. The number of rotatable bonds is 6. The molecule has 2 atom stereocenters. The summed E-state index contributed by atoms with van der Waals surface area (Å²) >= 11 is 0. The van der Waals surface area contributed by atoms with Gasteiger partial charge in [-0.25, -0.2) is 4.39 Å². The molecule has 2 fully saturated rings. The van der Waals surface area contributed by atoms with E-state index in [4.69, 9.17) is 4.74 Å². The van der Waals surface area contributed by atoms with Crippen LogP contribution >= 0.6 is 0 Å². The number of carbonyl (C=O) groups is 1. The summed E-state index contributed by atoms with van der Waals surface area (Å²) < 4.78 is 21.3. The van der Waals surface area contributed by atoms with Crippen LogP contribution < -0.4 is 15.8 Å². The molecule has 7 nitrogen and oxygen atoms in total. The molecule has 3 aliphatic heterocycles. The SMILES string of the molecule is CC(=O)C1(c2c(F)cccc2C(C)CC2CCCO2)CCN(c2nc3c(c(=O)[nH]2)CCCN3)CC1. The Morgan fingerprint density at radius 3 is 2.83 bits per heavy atom. The molecule has 8 heteroatoms. The molecule has 1 aromatic carbocycles. The van der Waals surface area contributed by atoms with Gasteiger partial charge >= 0.3 is 0 Å². The lowest BCUT2D eigenvalue weighted by Crippen LogP contribution is -2.48. The summed E-state index contributed by atoms with van der Waals surface area (Å²) in [5, 5.41) is 3.23. The first kappa shape index (κ1) is 24.0. The van der Waals surface area contributed by atoms with Crippen LogP contribution in [0.1, 0.15) is 75.0 Å². The lowest BCUT2D eigenvalue weighted by atomic mass is 9.67. The molecule has 0 bridgehead atoms. The topological polar surface area (TPSA) is 87.3 Å². The molecule has 3 aliphatic rings. The number of aromatic amines is 1. The van der Waals surface area contributed by atoms with Crippen molar-refractivity contribution in [2.75, 3.05) is 36.5 Å². The number of carbonyl (C=O) groups excluding carboxylic acids is 1. The van der Waals surface area contributed by atoms with Gasteiger partial charge in [0.15, 0.2) is 0 Å². The zero-order valence-corrected chi connectivity index (χ0v) is 20.7. The molecule has 2 aromatic rings. The maximum Gasteiger partial charge on any atom is 0.257 e. The summed E-state index contributed by atoms with van der Waals surface area (Å²) in [6.07, 6.45) is 5.68. The van der Waals surface area contributed by atoms with Crippen LogP contribution in [0.5, 0.6) is 0 Å². The highest BCUT2D eigenvalue weighted by molar-refractivity contribution is 5.89. The van der Waals surface area contributed by atoms with E-state index in [0.29, 0.717) is 48.8 Å². The first-order valence-corrected chi connectivity index (χ1v) is 12.9. The Kier molecular flexibility index (Phi) is 6.66. The molecule has 2 N–H and O–H groups in total. The molecular formula is C27H35FN4O3. The van der Waals surface area contributed by atoms with Gasteiger partial charge in [-0.15, -0.1) is 0 Å². The predicted molar refractivity (Wildman–Crippen MR) is 134 cm³/mol. The molecule has 0 radical (unpaired) electrons. The number of nitrogens with one attached hydrogen (secondary N) is 2. The highest BCUT2D eigenvalue weighted by Crippen LogP contribution is 2.43. The van der Waals surface area contributed by atoms with Crippen LogP contribution in [0.3, 0.4) is 0 Å². The quantitative estimate of drug-likeness (QED) is 0.646. The third-order valence-corrected chi connectivity index (χ3v) is 8.19. The second kappa shape index (κ2) is 9.72. The fourth-order valence-corrected chi connectivity index (χ4v) is 6.17. The Morgan fingerprint density at radius 2 is 2.11 bits per heavy atom. The molecule has 0 amide bonds. The number of anilines is 2. The highest BCUT2D eigenvalue weighted by atomic mass is 19.1. The predicted octanol–water partition coefficient (Wildman–Crippen LogP) is 4.07. The monoisotopic (exact) mass is 482 g/mol. The molecule has 0 saturated carbocycles. The van der Waals surface area contributed by atoms with E-state index in [2.05, 4.69) is 22.2 Å². The van der Waals surface area contributed by atoms with E-state index in [-0.39, 0.29) is 29.2 Å². The van der Waals surface area contributed by atoms with E-state index < -0.39 is 5.41 Å². The van der Waals surface area contributed by atoms with Gasteiger partial charge in [0, 0.05) is 31.8 Å². The molecule has 188 valence electrons. The molecular weight excluding hydrogens is 447 g/mol. The first-order valence-electron chi connectivity index (χ1n) is 12.9. The number of hydrogen-bond donors (Lipinski definition) is 2. The summed E-state index contributed by atoms with van der Waals surface area (Å²) in [7, 11) is 0. The maximum absolute atomic E-state index is 15.5. The van der Waals surface area contributed by atoms with Gasteiger partial charge in [-0.1, -0.05) is 19.1 Å². The minimum absolute atomic E-state index is 0.0126. The number of hydrogen-bond acceptors (Lipinski definition) is 6. The van der Waals surface area contributed by atoms with Gasteiger partial charge in [0.1, 0.15) is 17.4 Å².